The number of unbranched alkanes of at least 4 members (excludes halogenated alkanes) is 1. The van der Waals surface area contributed by atoms with Crippen molar-refractivity contribution in [1.82, 2.24) is 0 Å². The normalized spacial score (nSPS) is 10.7. The Bertz CT molecular complexity index is 877. The Kier molecular flexibility index (Phi) is 7.79. The number of esters is 2. The van der Waals surface area contributed by atoms with Crippen molar-refractivity contribution in [2.75, 3.05) is 13.7 Å². The lowest BCUT2D eigenvalue weighted by atomic mass is 10.1. The zero-order valence-corrected chi connectivity index (χ0v) is 15.8. The summed E-state index contributed by atoms with van der Waals surface area (Å²) in [4.78, 5) is 23.6. The molecule has 0 atom stereocenters. The highest BCUT2D eigenvalue weighted by molar-refractivity contribution is 5.99. The highest BCUT2D eigenvalue weighted by atomic mass is 16.5. The minimum Gasteiger partial charge on any atom is -0.494 e. The molecule has 0 aliphatic heterocycles. The number of carbonyl (C=O) groups excluding carboxylic acids is 2. The van der Waals surface area contributed by atoms with E-state index in [0.29, 0.717) is 17.7 Å². The average Bonchev–Trinajstić information content (AvgIpc) is 2.73. The van der Waals surface area contributed by atoms with Crippen molar-refractivity contribution in [2.45, 2.75) is 19.8 Å². The maximum absolute atomic E-state index is 12.2. The summed E-state index contributed by atoms with van der Waals surface area (Å²) in [7, 11) is 1.28. The van der Waals surface area contributed by atoms with E-state index in [1.54, 1.807) is 24.3 Å². The number of ether oxygens (including phenoxy) is 3. The lowest BCUT2D eigenvalue weighted by Gasteiger charge is -2.06. The third-order valence-electron chi connectivity index (χ3n) is 3.78. The number of benzene rings is 2. The van der Waals surface area contributed by atoms with E-state index >= 15 is 0 Å². The molecule has 0 unspecified atom stereocenters. The predicted molar refractivity (Wildman–Crippen MR) is 104 cm³/mol. The Morgan fingerprint density at radius 3 is 2.25 bits per heavy atom. The van der Waals surface area contributed by atoms with Gasteiger partial charge >= 0.3 is 11.9 Å². The quantitative estimate of drug-likeness (QED) is 0.225. The molecule has 0 aliphatic rings. The van der Waals surface area contributed by atoms with Crippen LogP contribution in [0.4, 0.5) is 0 Å². The van der Waals surface area contributed by atoms with Gasteiger partial charge in [-0.2, -0.15) is 5.26 Å². The van der Waals surface area contributed by atoms with E-state index in [1.165, 1.54) is 37.5 Å². The van der Waals surface area contributed by atoms with Gasteiger partial charge in [-0.3, -0.25) is 0 Å². The average molecular weight is 379 g/mol. The van der Waals surface area contributed by atoms with E-state index in [0.717, 1.165) is 18.6 Å². The Labute approximate surface area is 164 Å². The van der Waals surface area contributed by atoms with E-state index in [9.17, 15) is 14.9 Å². The molecule has 28 heavy (non-hydrogen) atoms. The number of rotatable bonds is 8. The predicted octanol–water partition coefficient (Wildman–Crippen LogP) is 4.16. The fraction of sp³-hybridized carbons (Fsp3) is 0.227. The van der Waals surface area contributed by atoms with Crippen LogP contribution < -0.4 is 9.47 Å². The number of nitriles is 1. The number of methoxy groups -OCH3 is 1. The molecule has 0 saturated heterocycles. The van der Waals surface area contributed by atoms with Crippen LogP contribution in [0.5, 0.6) is 11.5 Å². The fourth-order valence-corrected chi connectivity index (χ4v) is 2.24. The second-order valence-electron chi connectivity index (χ2n) is 5.85. The number of nitrogens with zero attached hydrogens (tertiary/aromatic N) is 1. The molecule has 2 rings (SSSR count). The van der Waals surface area contributed by atoms with Gasteiger partial charge in [-0.1, -0.05) is 25.5 Å². The van der Waals surface area contributed by atoms with Gasteiger partial charge in [0, 0.05) is 0 Å². The molecule has 0 radical (unpaired) electrons. The first kappa shape index (κ1) is 20.7. The van der Waals surface area contributed by atoms with E-state index in [4.69, 9.17) is 9.47 Å². The third kappa shape index (κ3) is 5.99. The van der Waals surface area contributed by atoms with Gasteiger partial charge in [-0.05, 0) is 54.5 Å². The van der Waals surface area contributed by atoms with Crippen LogP contribution in [0.3, 0.4) is 0 Å². The molecule has 6 nitrogen and oxygen atoms in total. The number of carbonyl (C=O) groups is 2. The molecule has 0 N–H and O–H groups in total. The summed E-state index contributed by atoms with van der Waals surface area (Å²) in [6, 6.07) is 14.8. The van der Waals surface area contributed by atoms with E-state index in [1.807, 2.05) is 6.07 Å². The Hall–Kier alpha value is -3.59. The first-order chi connectivity index (χ1) is 13.6. The molecule has 0 heterocycles. The summed E-state index contributed by atoms with van der Waals surface area (Å²) in [5, 5.41) is 9.28. The molecule has 0 aromatic heterocycles. The maximum atomic E-state index is 12.2. The Morgan fingerprint density at radius 1 is 1.04 bits per heavy atom. The minimum atomic E-state index is -0.781. The van der Waals surface area contributed by atoms with Crippen LogP contribution >= 0.6 is 0 Å². The molecule has 2 aromatic carbocycles. The van der Waals surface area contributed by atoms with E-state index in [2.05, 4.69) is 11.7 Å². The zero-order chi connectivity index (χ0) is 20.4. The third-order valence-corrected chi connectivity index (χ3v) is 3.78. The second kappa shape index (κ2) is 10.5. The van der Waals surface area contributed by atoms with Crippen molar-refractivity contribution in [2.24, 2.45) is 0 Å². The second-order valence-corrected chi connectivity index (χ2v) is 5.85. The molecule has 0 saturated carbocycles. The zero-order valence-electron chi connectivity index (χ0n) is 15.8. The van der Waals surface area contributed by atoms with Crippen LogP contribution in [0.25, 0.3) is 6.08 Å². The van der Waals surface area contributed by atoms with Gasteiger partial charge < -0.3 is 14.2 Å². The van der Waals surface area contributed by atoms with Crippen LogP contribution in [0.15, 0.2) is 54.1 Å². The Balaban J connectivity index is 2.04. The Morgan fingerprint density at radius 2 is 1.68 bits per heavy atom. The van der Waals surface area contributed by atoms with Crippen LogP contribution in [0.2, 0.25) is 0 Å². The summed E-state index contributed by atoms with van der Waals surface area (Å²) in [5.74, 6) is -0.315. The molecular weight excluding hydrogens is 358 g/mol. The highest BCUT2D eigenvalue weighted by Crippen LogP contribution is 2.17. The monoisotopic (exact) mass is 379 g/mol. The molecule has 0 spiro atoms. The lowest BCUT2D eigenvalue weighted by Crippen LogP contribution is -2.10. The van der Waals surface area contributed by atoms with Gasteiger partial charge in [0.25, 0.3) is 0 Å². The van der Waals surface area contributed by atoms with E-state index < -0.39 is 11.9 Å². The van der Waals surface area contributed by atoms with Crippen LogP contribution in [-0.4, -0.2) is 25.7 Å². The van der Waals surface area contributed by atoms with Crippen molar-refractivity contribution in [3.63, 3.8) is 0 Å². The smallest absolute Gasteiger partial charge is 0.354 e. The fourth-order valence-electron chi connectivity index (χ4n) is 2.24. The highest BCUT2D eigenvalue weighted by Gasteiger charge is 2.13. The van der Waals surface area contributed by atoms with Crippen molar-refractivity contribution in [3.8, 4) is 17.6 Å². The van der Waals surface area contributed by atoms with Gasteiger partial charge in [-0.25, -0.2) is 9.59 Å². The summed E-state index contributed by atoms with van der Waals surface area (Å²) in [6.07, 6.45) is 3.48. The van der Waals surface area contributed by atoms with Crippen molar-refractivity contribution < 1.29 is 23.8 Å². The molecule has 0 aliphatic carbocycles. The van der Waals surface area contributed by atoms with Crippen LogP contribution in [0, 0.1) is 11.3 Å². The summed E-state index contributed by atoms with van der Waals surface area (Å²) >= 11 is 0. The maximum Gasteiger partial charge on any atom is 0.354 e. The number of hydrogen-bond acceptors (Lipinski definition) is 6. The van der Waals surface area contributed by atoms with Gasteiger partial charge in [0.1, 0.15) is 23.1 Å². The molecular formula is C22H21NO5. The topological polar surface area (TPSA) is 85.6 Å². The van der Waals surface area contributed by atoms with Crippen LogP contribution in [-0.2, 0) is 9.53 Å². The van der Waals surface area contributed by atoms with Gasteiger partial charge in [0.15, 0.2) is 0 Å². The van der Waals surface area contributed by atoms with Gasteiger partial charge in [-0.15, -0.1) is 0 Å². The summed E-state index contributed by atoms with van der Waals surface area (Å²) in [5.41, 5.74) is 0.869. The van der Waals surface area contributed by atoms with Gasteiger partial charge in [0.05, 0.1) is 19.3 Å². The molecule has 2 aromatic rings. The van der Waals surface area contributed by atoms with Crippen molar-refractivity contribution in [1.29, 1.82) is 5.26 Å². The first-order valence-electron chi connectivity index (χ1n) is 8.82. The molecule has 0 amide bonds. The first-order valence-corrected chi connectivity index (χ1v) is 8.82. The SMILES string of the molecule is CCCCOc1ccc(C=C(C#N)C(=O)Oc2ccc(C(=O)OC)cc2)cc1. The number of hydrogen-bond donors (Lipinski definition) is 0. The van der Waals surface area contributed by atoms with E-state index in [-0.39, 0.29) is 11.3 Å². The lowest BCUT2D eigenvalue weighted by molar-refractivity contribution is -0.129. The standard InChI is InChI=1S/C22H21NO5/c1-3-4-13-27-19-9-5-16(6-10-19)14-18(15-23)22(25)28-20-11-7-17(8-12-20)21(24)26-2/h5-12,14H,3-4,13H2,1-2H3. The molecule has 0 bridgehead atoms. The largest absolute Gasteiger partial charge is 0.494 e. The van der Waals surface area contributed by atoms with Crippen molar-refractivity contribution in [3.05, 3.63) is 65.2 Å². The van der Waals surface area contributed by atoms with Crippen molar-refractivity contribution >= 4 is 18.0 Å². The molecule has 144 valence electrons. The minimum absolute atomic E-state index is 0.142. The summed E-state index contributed by atoms with van der Waals surface area (Å²) in [6.45, 7) is 2.74. The summed E-state index contributed by atoms with van der Waals surface area (Å²) < 4.78 is 15.4. The molecule has 6 heteroatoms. The van der Waals surface area contributed by atoms with Gasteiger partial charge in [0.2, 0.25) is 0 Å². The van der Waals surface area contributed by atoms with Crippen LogP contribution in [0.1, 0.15) is 35.7 Å². The molecule has 0 fully saturated rings.